The van der Waals surface area contributed by atoms with Crippen molar-refractivity contribution in [2.24, 2.45) is 0 Å². The van der Waals surface area contributed by atoms with Crippen LogP contribution in [0.1, 0.15) is 36.0 Å². The Morgan fingerprint density at radius 2 is 2.07 bits per heavy atom. The summed E-state index contributed by atoms with van der Waals surface area (Å²) in [5.74, 6) is -0.713. The van der Waals surface area contributed by atoms with E-state index in [1.807, 2.05) is 0 Å². The summed E-state index contributed by atoms with van der Waals surface area (Å²) in [4.78, 5) is 38.4. The van der Waals surface area contributed by atoms with Gasteiger partial charge < -0.3 is 24.7 Å². The zero-order chi connectivity index (χ0) is 20.3. The molecule has 1 aliphatic rings. The van der Waals surface area contributed by atoms with Crippen LogP contribution in [0, 0.1) is 0 Å². The highest BCUT2D eigenvalue weighted by Gasteiger charge is 2.35. The average Bonchev–Trinajstić information content (AvgIpc) is 3.21. The molecule has 146 valence electrons. The van der Waals surface area contributed by atoms with Gasteiger partial charge in [-0.2, -0.15) is 0 Å². The Hall–Kier alpha value is -3.55. The van der Waals surface area contributed by atoms with E-state index in [4.69, 9.17) is 9.15 Å². The van der Waals surface area contributed by atoms with Gasteiger partial charge in [-0.15, -0.1) is 0 Å². The Labute approximate surface area is 162 Å². The molecule has 2 N–H and O–H groups in total. The van der Waals surface area contributed by atoms with Crippen LogP contribution in [0.4, 0.5) is 10.5 Å². The molecule has 0 spiro atoms. The lowest BCUT2D eigenvalue weighted by Crippen LogP contribution is -2.46. The van der Waals surface area contributed by atoms with Crippen LogP contribution >= 0.6 is 0 Å². The smallest absolute Gasteiger partial charge is 0.338 e. The van der Waals surface area contributed by atoms with Crippen LogP contribution in [0.15, 0.2) is 58.3 Å². The van der Waals surface area contributed by atoms with Crippen LogP contribution in [0.25, 0.3) is 0 Å². The minimum absolute atomic E-state index is 0.181. The van der Waals surface area contributed by atoms with Crippen molar-refractivity contribution >= 4 is 23.6 Å². The second kappa shape index (κ2) is 7.99. The Kier molecular flexibility index (Phi) is 5.49. The van der Waals surface area contributed by atoms with Gasteiger partial charge in [-0.25, -0.2) is 9.59 Å². The van der Waals surface area contributed by atoms with Crippen LogP contribution in [-0.2, 0) is 9.53 Å². The topological polar surface area (TPSA) is 101 Å². The molecule has 3 rings (SSSR count). The van der Waals surface area contributed by atoms with Gasteiger partial charge in [0.2, 0.25) is 0 Å². The number of esters is 1. The van der Waals surface area contributed by atoms with E-state index in [9.17, 15) is 14.4 Å². The third-order valence-electron chi connectivity index (χ3n) is 4.47. The van der Waals surface area contributed by atoms with Crippen LogP contribution in [0.2, 0.25) is 0 Å². The molecule has 0 saturated carbocycles. The minimum Gasteiger partial charge on any atom is -0.463 e. The number of carbonyl (C=O) groups is 3. The first-order valence-corrected chi connectivity index (χ1v) is 8.79. The molecule has 3 amide bonds. The molecule has 0 saturated heterocycles. The molecule has 2 aromatic rings. The molecule has 8 nitrogen and oxygen atoms in total. The van der Waals surface area contributed by atoms with Crippen molar-refractivity contribution in [2.75, 3.05) is 19.0 Å². The SMILES string of the molecule is CCOC(=O)C1=C(C)N(C)C(=O)NC1c1cccc(NC(=O)c2ccco2)c1. The fourth-order valence-electron chi connectivity index (χ4n) is 2.96. The summed E-state index contributed by atoms with van der Waals surface area (Å²) in [6, 6.07) is 9.07. The third kappa shape index (κ3) is 3.75. The maximum absolute atomic E-state index is 12.5. The molecule has 0 aliphatic carbocycles. The van der Waals surface area contributed by atoms with Gasteiger partial charge in [0.15, 0.2) is 5.76 Å². The lowest BCUT2D eigenvalue weighted by molar-refractivity contribution is -0.139. The van der Waals surface area contributed by atoms with E-state index in [0.717, 1.165) is 0 Å². The number of nitrogens with one attached hydrogen (secondary N) is 2. The molecule has 28 heavy (non-hydrogen) atoms. The zero-order valence-corrected chi connectivity index (χ0v) is 15.8. The quantitative estimate of drug-likeness (QED) is 0.773. The molecule has 2 heterocycles. The van der Waals surface area contributed by atoms with E-state index < -0.39 is 17.9 Å². The Morgan fingerprint density at radius 1 is 1.29 bits per heavy atom. The zero-order valence-electron chi connectivity index (χ0n) is 15.8. The van der Waals surface area contributed by atoms with Crippen molar-refractivity contribution in [1.29, 1.82) is 0 Å². The number of hydrogen-bond donors (Lipinski definition) is 2. The van der Waals surface area contributed by atoms with Crippen molar-refractivity contribution in [3.8, 4) is 0 Å². The molecule has 1 aliphatic heterocycles. The lowest BCUT2D eigenvalue weighted by Gasteiger charge is -2.33. The fraction of sp³-hybridized carbons (Fsp3) is 0.250. The number of rotatable bonds is 5. The van der Waals surface area contributed by atoms with Crippen molar-refractivity contribution < 1.29 is 23.5 Å². The maximum atomic E-state index is 12.5. The Bertz CT molecular complexity index is 933. The summed E-state index contributed by atoms with van der Waals surface area (Å²) >= 11 is 0. The van der Waals surface area contributed by atoms with Crippen LogP contribution < -0.4 is 10.6 Å². The first-order chi connectivity index (χ1) is 13.4. The van der Waals surface area contributed by atoms with E-state index in [1.165, 1.54) is 11.2 Å². The minimum atomic E-state index is -0.691. The summed E-state index contributed by atoms with van der Waals surface area (Å²) < 4.78 is 10.3. The fourth-order valence-corrected chi connectivity index (χ4v) is 2.96. The van der Waals surface area contributed by atoms with E-state index in [1.54, 1.807) is 57.3 Å². The molecule has 0 radical (unpaired) electrons. The normalized spacial score (nSPS) is 16.6. The van der Waals surface area contributed by atoms with Gasteiger partial charge in [-0.05, 0) is 43.7 Å². The average molecular weight is 383 g/mol. The summed E-state index contributed by atoms with van der Waals surface area (Å²) in [7, 11) is 1.58. The first kappa shape index (κ1) is 19.2. The molecule has 1 atom stereocenters. The van der Waals surface area contributed by atoms with E-state index in [0.29, 0.717) is 22.5 Å². The number of anilines is 1. The highest BCUT2D eigenvalue weighted by Crippen LogP contribution is 2.31. The van der Waals surface area contributed by atoms with Gasteiger partial charge >= 0.3 is 12.0 Å². The van der Waals surface area contributed by atoms with Crippen molar-refractivity contribution in [2.45, 2.75) is 19.9 Å². The Morgan fingerprint density at radius 3 is 2.75 bits per heavy atom. The molecular formula is C20H21N3O5. The largest absolute Gasteiger partial charge is 0.463 e. The van der Waals surface area contributed by atoms with Crippen LogP contribution in [0.5, 0.6) is 0 Å². The second-order valence-electron chi connectivity index (χ2n) is 6.22. The number of furan rings is 1. The van der Waals surface area contributed by atoms with Gasteiger partial charge in [0.1, 0.15) is 0 Å². The summed E-state index contributed by atoms with van der Waals surface area (Å²) in [5.41, 5.74) is 2.00. The molecule has 1 aromatic heterocycles. The standard InChI is InChI=1S/C20H21N3O5/c1-4-27-19(25)16-12(2)23(3)20(26)22-17(16)13-7-5-8-14(11-13)21-18(24)15-9-6-10-28-15/h5-11,17H,4H2,1-3H3,(H,21,24)(H,22,26). The molecule has 0 fully saturated rings. The van der Waals surface area contributed by atoms with Gasteiger partial charge in [0.05, 0.1) is 24.5 Å². The highest BCUT2D eigenvalue weighted by atomic mass is 16.5. The number of urea groups is 1. The molecule has 8 heteroatoms. The van der Waals surface area contributed by atoms with Crippen LogP contribution in [-0.4, -0.2) is 36.5 Å². The number of nitrogens with zero attached hydrogens (tertiary/aromatic N) is 1. The van der Waals surface area contributed by atoms with Crippen LogP contribution in [0.3, 0.4) is 0 Å². The predicted octanol–water partition coefficient (Wildman–Crippen LogP) is 3.07. The molecule has 0 bridgehead atoms. The summed E-state index contributed by atoms with van der Waals surface area (Å²) in [6.45, 7) is 3.64. The molecule has 1 unspecified atom stereocenters. The van der Waals surface area contributed by atoms with E-state index >= 15 is 0 Å². The lowest BCUT2D eigenvalue weighted by atomic mass is 9.94. The number of ether oxygens (including phenoxy) is 1. The molecule has 1 aromatic carbocycles. The summed E-state index contributed by atoms with van der Waals surface area (Å²) in [6.07, 6.45) is 1.42. The number of allylic oxidation sites excluding steroid dienone is 1. The Balaban J connectivity index is 1.93. The molecular weight excluding hydrogens is 362 g/mol. The number of amides is 3. The van der Waals surface area contributed by atoms with Crippen molar-refractivity contribution in [1.82, 2.24) is 10.2 Å². The predicted molar refractivity (Wildman–Crippen MR) is 101 cm³/mol. The van der Waals surface area contributed by atoms with E-state index in [-0.39, 0.29) is 18.4 Å². The van der Waals surface area contributed by atoms with Crippen molar-refractivity contribution in [3.05, 3.63) is 65.3 Å². The van der Waals surface area contributed by atoms with Gasteiger partial charge in [-0.3, -0.25) is 4.79 Å². The summed E-state index contributed by atoms with van der Waals surface area (Å²) in [5, 5.41) is 5.54. The third-order valence-corrected chi connectivity index (χ3v) is 4.47. The van der Waals surface area contributed by atoms with Gasteiger partial charge in [0.25, 0.3) is 5.91 Å². The maximum Gasteiger partial charge on any atom is 0.338 e. The monoisotopic (exact) mass is 383 g/mol. The van der Waals surface area contributed by atoms with Crippen molar-refractivity contribution in [3.63, 3.8) is 0 Å². The van der Waals surface area contributed by atoms with E-state index in [2.05, 4.69) is 10.6 Å². The first-order valence-electron chi connectivity index (χ1n) is 8.79. The number of carbonyl (C=O) groups excluding carboxylic acids is 3. The number of hydrogen-bond acceptors (Lipinski definition) is 5. The van der Waals surface area contributed by atoms with Gasteiger partial charge in [-0.1, -0.05) is 12.1 Å². The second-order valence-corrected chi connectivity index (χ2v) is 6.22. The highest BCUT2D eigenvalue weighted by molar-refractivity contribution is 6.02. The number of benzene rings is 1. The van der Waals surface area contributed by atoms with Gasteiger partial charge in [0, 0.05) is 18.4 Å².